The van der Waals surface area contributed by atoms with E-state index in [0.717, 1.165) is 0 Å². The molecule has 0 saturated carbocycles. The van der Waals surface area contributed by atoms with Crippen molar-refractivity contribution < 1.29 is 23.4 Å². The Balaban J connectivity index is 2.45. The van der Waals surface area contributed by atoms with Gasteiger partial charge in [-0.25, -0.2) is 18.9 Å². The van der Waals surface area contributed by atoms with Crippen molar-refractivity contribution in [3.8, 4) is 5.88 Å². The standard InChI is InChI=1S/C20H35ClN3O5PSi/c1-20(2,3)31(8,9)29-16-12-15(27-17(16)13-25)14-10-11-18(21)22-19(14)28-30(26,23(4)5)24(6)7/h10-12,15,17,25H,13H2,1-9H3/t15-,17-/m1/s1. The van der Waals surface area contributed by atoms with Crippen LogP contribution < -0.4 is 4.52 Å². The predicted molar refractivity (Wildman–Crippen MR) is 126 cm³/mol. The van der Waals surface area contributed by atoms with Gasteiger partial charge in [0.15, 0.2) is 0 Å². The number of aliphatic hydroxyl groups is 1. The molecule has 1 aromatic rings. The summed E-state index contributed by atoms with van der Waals surface area (Å²) in [6.07, 6.45) is 0.640. The highest BCUT2D eigenvalue weighted by atomic mass is 35.5. The van der Waals surface area contributed by atoms with Gasteiger partial charge in [-0.3, -0.25) is 0 Å². The van der Waals surface area contributed by atoms with Crippen LogP contribution in [0.1, 0.15) is 32.4 Å². The van der Waals surface area contributed by atoms with E-state index in [1.165, 1.54) is 9.34 Å². The summed E-state index contributed by atoms with van der Waals surface area (Å²) in [6, 6.07) is 3.35. The van der Waals surface area contributed by atoms with E-state index in [2.05, 4.69) is 38.8 Å². The molecule has 0 radical (unpaired) electrons. The fraction of sp³-hybridized carbons (Fsp3) is 0.650. The lowest BCUT2D eigenvalue weighted by Crippen LogP contribution is -2.41. The van der Waals surface area contributed by atoms with Gasteiger partial charge >= 0.3 is 7.67 Å². The van der Waals surface area contributed by atoms with Crippen LogP contribution in [0.25, 0.3) is 0 Å². The average molecular weight is 492 g/mol. The van der Waals surface area contributed by atoms with Crippen LogP contribution in [-0.2, 0) is 13.7 Å². The number of hydrogen-bond acceptors (Lipinski definition) is 6. The number of halogens is 1. The molecular formula is C20H35ClN3O5PSi. The SMILES string of the molecule is CN(C)P(=O)(Oc1nc(Cl)ccc1[C@H]1C=C(O[Si](C)(C)C(C)(C)C)[C@@H](CO)O1)N(C)C. The van der Waals surface area contributed by atoms with E-state index < -0.39 is 28.2 Å². The first-order chi connectivity index (χ1) is 14.1. The van der Waals surface area contributed by atoms with Gasteiger partial charge in [-0.2, -0.15) is 0 Å². The summed E-state index contributed by atoms with van der Waals surface area (Å²) >= 11 is 6.11. The van der Waals surface area contributed by atoms with Crippen LogP contribution in [0.4, 0.5) is 0 Å². The molecule has 31 heavy (non-hydrogen) atoms. The molecule has 176 valence electrons. The molecular weight excluding hydrogens is 457 g/mol. The Morgan fingerprint density at radius 3 is 2.29 bits per heavy atom. The molecule has 0 unspecified atom stereocenters. The summed E-state index contributed by atoms with van der Waals surface area (Å²) in [5.41, 5.74) is 0.556. The van der Waals surface area contributed by atoms with Crippen molar-refractivity contribution in [3.05, 3.63) is 34.7 Å². The Bertz CT molecular complexity index is 861. The van der Waals surface area contributed by atoms with Crippen LogP contribution in [0.15, 0.2) is 24.0 Å². The van der Waals surface area contributed by atoms with Crippen molar-refractivity contribution >= 4 is 27.6 Å². The normalized spacial score (nSPS) is 20.4. The van der Waals surface area contributed by atoms with Crippen molar-refractivity contribution in [2.75, 3.05) is 34.8 Å². The smallest absolute Gasteiger partial charge is 0.395 e. The number of aliphatic hydroxyl groups excluding tert-OH is 1. The molecule has 11 heteroatoms. The Morgan fingerprint density at radius 2 is 1.81 bits per heavy atom. The first-order valence-electron chi connectivity index (χ1n) is 10.1. The highest BCUT2D eigenvalue weighted by molar-refractivity contribution is 7.54. The summed E-state index contributed by atoms with van der Waals surface area (Å²) in [6.45, 7) is 10.5. The molecule has 2 rings (SSSR count). The number of aromatic nitrogens is 1. The van der Waals surface area contributed by atoms with E-state index >= 15 is 0 Å². The van der Waals surface area contributed by atoms with Gasteiger partial charge in [0.1, 0.15) is 23.1 Å². The number of ether oxygens (including phenoxy) is 1. The van der Waals surface area contributed by atoms with Crippen molar-refractivity contribution in [2.45, 2.75) is 51.1 Å². The molecule has 2 atom stereocenters. The van der Waals surface area contributed by atoms with Gasteiger partial charge in [0, 0.05) is 5.56 Å². The van der Waals surface area contributed by atoms with E-state index in [1.807, 2.05) is 6.08 Å². The van der Waals surface area contributed by atoms with Crippen LogP contribution in [0.3, 0.4) is 0 Å². The molecule has 0 saturated heterocycles. The maximum absolute atomic E-state index is 13.4. The molecule has 0 aliphatic carbocycles. The van der Waals surface area contributed by atoms with Crippen LogP contribution >= 0.6 is 19.3 Å². The van der Waals surface area contributed by atoms with Crippen LogP contribution in [0, 0.1) is 0 Å². The third-order valence-corrected chi connectivity index (χ3v) is 12.7. The highest BCUT2D eigenvalue weighted by Gasteiger charge is 2.43. The molecule has 1 aliphatic rings. The first kappa shape index (κ1) is 26.3. The topological polar surface area (TPSA) is 84.4 Å². The third-order valence-electron chi connectivity index (χ3n) is 5.67. The molecule has 2 heterocycles. The average Bonchev–Trinajstić information content (AvgIpc) is 3.02. The van der Waals surface area contributed by atoms with Crippen molar-refractivity contribution in [2.24, 2.45) is 0 Å². The summed E-state index contributed by atoms with van der Waals surface area (Å²) in [7, 11) is 1.18. The predicted octanol–water partition coefficient (Wildman–Crippen LogP) is 4.68. The molecule has 1 aliphatic heterocycles. The summed E-state index contributed by atoms with van der Waals surface area (Å²) < 4.78 is 34.8. The van der Waals surface area contributed by atoms with Gasteiger partial charge in [-0.1, -0.05) is 32.4 Å². The Kier molecular flexibility index (Phi) is 8.07. The van der Waals surface area contributed by atoms with Gasteiger partial charge in [0.2, 0.25) is 14.2 Å². The largest absolute Gasteiger partial charge is 0.545 e. The van der Waals surface area contributed by atoms with E-state index in [9.17, 15) is 9.67 Å². The van der Waals surface area contributed by atoms with Gasteiger partial charge in [0.05, 0.1) is 6.61 Å². The summed E-state index contributed by atoms with van der Waals surface area (Å²) in [4.78, 5) is 4.27. The summed E-state index contributed by atoms with van der Waals surface area (Å²) in [5, 5.41) is 10.1. The molecule has 0 amide bonds. The molecule has 0 bridgehead atoms. The maximum atomic E-state index is 13.4. The molecule has 1 aromatic heterocycles. The summed E-state index contributed by atoms with van der Waals surface area (Å²) in [5.74, 6) is 0.716. The fourth-order valence-corrected chi connectivity index (χ4v) is 5.38. The highest BCUT2D eigenvalue weighted by Crippen LogP contribution is 2.52. The van der Waals surface area contributed by atoms with E-state index in [4.69, 9.17) is 25.3 Å². The van der Waals surface area contributed by atoms with Crippen molar-refractivity contribution in [1.29, 1.82) is 0 Å². The van der Waals surface area contributed by atoms with E-state index in [0.29, 0.717) is 11.3 Å². The molecule has 8 nitrogen and oxygen atoms in total. The minimum absolute atomic E-state index is 0.00784. The van der Waals surface area contributed by atoms with Gasteiger partial charge in [-0.05, 0) is 64.5 Å². The molecule has 1 N–H and O–H groups in total. The second-order valence-electron chi connectivity index (χ2n) is 9.46. The Hall–Kier alpha value is -0.933. The van der Waals surface area contributed by atoms with Crippen molar-refractivity contribution in [1.82, 2.24) is 14.3 Å². The van der Waals surface area contributed by atoms with Crippen molar-refractivity contribution in [3.63, 3.8) is 0 Å². The fourth-order valence-electron chi connectivity index (χ4n) is 2.74. The van der Waals surface area contributed by atoms with E-state index in [-0.39, 0.29) is 22.7 Å². The maximum Gasteiger partial charge on any atom is 0.395 e. The Morgan fingerprint density at radius 1 is 1.23 bits per heavy atom. The zero-order chi connectivity index (χ0) is 23.8. The van der Waals surface area contributed by atoms with Crippen LogP contribution in [0.2, 0.25) is 23.3 Å². The lowest BCUT2D eigenvalue weighted by molar-refractivity contribution is 0.00632. The lowest BCUT2D eigenvalue weighted by atomic mass is 10.1. The number of nitrogens with zero attached hydrogens (tertiary/aromatic N) is 3. The molecule has 0 aromatic carbocycles. The third kappa shape index (κ3) is 5.71. The molecule has 0 spiro atoms. The molecule has 0 fully saturated rings. The first-order valence-corrected chi connectivity index (χ1v) is 14.9. The minimum atomic E-state index is -3.37. The monoisotopic (exact) mass is 491 g/mol. The number of pyridine rings is 1. The van der Waals surface area contributed by atoms with Gasteiger partial charge < -0.3 is 18.8 Å². The zero-order valence-corrected chi connectivity index (χ0v) is 22.5. The van der Waals surface area contributed by atoms with Gasteiger partial charge in [-0.15, -0.1) is 0 Å². The number of rotatable bonds is 8. The number of hydrogen-bond donors (Lipinski definition) is 1. The Labute approximate surface area is 191 Å². The zero-order valence-electron chi connectivity index (χ0n) is 19.8. The minimum Gasteiger partial charge on any atom is -0.545 e. The van der Waals surface area contributed by atoms with Crippen LogP contribution in [-0.4, -0.2) is 68.7 Å². The van der Waals surface area contributed by atoms with Crippen LogP contribution in [0.5, 0.6) is 5.88 Å². The lowest BCUT2D eigenvalue weighted by Gasteiger charge is -2.37. The second-order valence-corrected chi connectivity index (χ2v) is 17.3. The second kappa shape index (κ2) is 9.51. The van der Waals surface area contributed by atoms with E-state index in [1.54, 1.807) is 40.3 Å². The van der Waals surface area contributed by atoms with Gasteiger partial charge in [0.25, 0.3) is 0 Å². The quantitative estimate of drug-likeness (QED) is 0.318.